The van der Waals surface area contributed by atoms with E-state index in [1.54, 1.807) is 0 Å². The summed E-state index contributed by atoms with van der Waals surface area (Å²) in [5.74, 6) is 0.302. The zero-order chi connectivity index (χ0) is 13.6. The number of ether oxygens (including phenoxy) is 1. The van der Waals surface area contributed by atoms with Gasteiger partial charge in [-0.05, 0) is 24.9 Å². The molecule has 3 nitrogen and oxygen atoms in total. The molecule has 18 heavy (non-hydrogen) atoms. The fourth-order valence-corrected chi connectivity index (χ4v) is 2.40. The molecule has 0 fully saturated rings. The van der Waals surface area contributed by atoms with Crippen LogP contribution in [0.1, 0.15) is 32.3 Å². The number of benzene rings is 1. The molecule has 0 aliphatic carbocycles. The van der Waals surface area contributed by atoms with Gasteiger partial charge in [0.05, 0.1) is 19.1 Å². The fourth-order valence-electron chi connectivity index (χ4n) is 2.40. The lowest BCUT2D eigenvalue weighted by atomic mass is 9.80. The van der Waals surface area contributed by atoms with Crippen LogP contribution in [0.25, 0.3) is 0 Å². The first-order chi connectivity index (χ1) is 8.54. The van der Waals surface area contributed by atoms with Gasteiger partial charge in [0.1, 0.15) is 0 Å². The van der Waals surface area contributed by atoms with Crippen molar-refractivity contribution in [2.24, 2.45) is 5.92 Å². The van der Waals surface area contributed by atoms with E-state index in [9.17, 15) is 4.79 Å². The second-order valence-corrected chi connectivity index (χ2v) is 5.05. The highest BCUT2D eigenvalue weighted by Crippen LogP contribution is 2.32. The maximum Gasteiger partial charge on any atom is 0.307 e. The molecule has 0 radical (unpaired) electrons. The average molecular weight is 249 g/mol. The minimum absolute atomic E-state index is 0.186. The van der Waals surface area contributed by atoms with Crippen LogP contribution in [-0.2, 0) is 15.1 Å². The van der Waals surface area contributed by atoms with E-state index in [0.717, 1.165) is 12.0 Å². The first kappa shape index (κ1) is 14.7. The first-order valence-corrected chi connectivity index (χ1v) is 6.35. The van der Waals surface area contributed by atoms with Gasteiger partial charge in [0.2, 0.25) is 0 Å². The van der Waals surface area contributed by atoms with Crippen molar-refractivity contribution >= 4 is 5.97 Å². The van der Waals surface area contributed by atoms with Crippen molar-refractivity contribution in [2.75, 3.05) is 14.2 Å². The van der Waals surface area contributed by atoms with Gasteiger partial charge in [0, 0.05) is 0 Å². The predicted octanol–water partition coefficient (Wildman–Crippen LogP) is 2.71. The lowest BCUT2D eigenvalue weighted by molar-refractivity contribution is -0.142. The summed E-state index contributed by atoms with van der Waals surface area (Å²) < 4.78 is 4.83. The Labute approximate surface area is 110 Å². The molecule has 0 heterocycles. The van der Waals surface area contributed by atoms with E-state index in [4.69, 9.17) is 4.74 Å². The number of carbonyl (C=O) groups is 1. The van der Waals surface area contributed by atoms with Gasteiger partial charge in [0.15, 0.2) is 0 Å². The second kappa shape index (κ2) is 6.55. The molecule has 1 N–H and O–H groups in total. The van der Waals surface area contributed by atoms with Crippen LogP contribution in [-0.4, -0.2) is 20.1 Å². The maximum atomic E-state index is 11.7. The normalized spacial score (nSPS) is 14.3. The Kier molecular flexibility index (Phi) is 5.35. The van der Waals surface area contributed by atoms with Crippen LogP contribution in [0.3, 0.4) is 0 Å². The molecule has 0 amide bonds. The van der Waals surface area contributed by atoms with Gasteiger partial charge in [0.25, 0.3) is 0 Å². The molecule has 1 aromatic rings. The Morgan fingerprint density at radius 1 is 1.33 bits per heavy atom. The summed E-state index contributed by atoms with van der Waals surface area (Å²) in [6.45, 7) is 4.32. The molecule has 0 spiro atoms. The summed E-state index contributed by atoms with van der Waals surface area (Å²) in [5, 5.41) is 3.33. The van der Waals surface area contributed by atoms with Crippen LogP contribution in [0.4, 0.5) is 0 Å². The second-order valence-electron chi connectivity index (χ2n) is 5.05. The molecule has 0 aliphatic heterocycles. The number of methoxy groups -OCH3 is 1. The Morgan fingerprint density at radius 2 is 1.94 bits per heavy atom. The average Bonchev–Trinajstić information content (AvgIpc) is 2.38. The number of esters is 1. The lowest BCUT2D eigenvalue weighted by Crippen LogP contribution is -2.43. The Balaban J connectivity index is 3.09. The Hall–Kier alpha value is -1.35. The maximum absolute atomic E-state index is 11.7. The van der Waals surface area contributed by atoms with Gasteiger partial charge in [-0.25, -0.2) is 0 Å². The highest BCUT2D eigenvalue weighted by Gasteiger charge is 2.34. The molecule has 0 bridgehead atoms. The summed E-state index contributed by atoms with van der Waals surface area (Å²) >= 11 is 0. The van der Waals surface area contributed by atoms with Gasteiger partial charge >= 0.3 is 5.97 Å². The van der Waals surface area contributed by atoms with E-state index in [-0.39, 0.29) is 11.5 Å². The van der Waals surface area contributed by atoms with Crippen molar-refractivity contribution in [1.82, 2.24) is 5.32 Å². The van der Waals surface area contributed by atoms with Crippen LogP contribution < -0.4 is 5.32 Å². The summed E-state index contributed by atoms with van der Waals surface area (Å²) in [4.78, 5) is 11.7. The molecule has 1 unspecified atom stereocenters. The number of carbonyl (C=O) groups excluding carboxylic acids is 1. The van der Waals surface area contributed by atoms with Crippen LogP contribution in [0.2, 0.25) is 0 Å². The molecule has 1 rings (SSSR count). The third-order valence-electron chi connectivity index (χ3n) is 3.24. The highest BCUT2D eigenvalue weighted by molar-refractivity contribution is 5.71. The van der Waals surface area contributed by atoms with Crippen molar-refractivity contribution in [3.8, 4) is 0 Å². The lowest BCUT2D eigenvalue weighted by Gasteiger charge is -2.35. The van der Waals surface area contributed by atoms with E-state index in [1.165, 1.54) is 7.11 Å². The van der Waals surface area contributed by atoms with E-state index >= 15 is 0 Å². The topological polar surface area (TPSA) is 38.3 Å². The van der Waals surface area contributed by atoms with Crippen LogP contribution >= 0.6 is 0 Å². The number of rotatable bonds is 6. The number of nitrogens with one attached hydrogen (secondary N) is 1. The summed E-state index contributed by atoms with van der Waals surface area (Å²) in [5.41, 5.74) is 0.786. The van der Waals surface area contributed by atoms with E-state index in [2.05, 4.69) is 31.3 Å². The molecule has 0 saturated carbocycles. The third-order valence-corrected chi connectivity index (χ3v) is 3.24. The van der Waals surface area contributed by atoms with E-state index < -0.39 is 0 Å². The van der Waals surface area contributed by atoms with Gasteiger partial charge in [-0.2, -0.15) is 0 Å². The van der Waals surface area contributed by atoms with Crippen molar-refractivity contribution in [1.29, 1.82) is 0 Å². The predicted molar refractivity (Wildman–Crippen MR) is 73.3 cm³/mol. The number of hydrogen-bond donors (Lipinski definition) is 1. The minimum Gasteiger partial charge on any atom is -0.469 e. The minimum atomic E-state index is -0.345. The quantitative estimate of drug-likeness (QED) is 0.788. The standard InChI is InChI=1S/C15H23NO2/c1-12(2)10-15(16-3,11-14(17)18-4)13-8-6-5-7-9-13/h5-9,12,16H,10-11H2,1-4H3. The smallest absolute Gasteiger partial charge is 0.307 e. The monoisotopic (exact) mass is 249 g/mol. The van der Waals surface area contributed by atoms with Crippen LogP contribution in [0.5, 0.6) is 0 Å². The van der Waals surface area contributed by atoms with Crippen molar-refractivity contribution in [3.05, 3.63) is 35.9 Å². The largest absolute Gasteiger partial charge is 0.469 e. The Morgan fingerprint density at radius 3 is 2.39 bits per heavy atom. The third kappa shape index (κ3) is 3.57. The summed E-state index contributed by atoms with van der Waals surface area (Å²) in [7, 11) is 3.33. The first-order valence-electron chi connectivity index (χ1n) is 6.35. The van der Waals surface area contributed by atoms with Crippen LogP contribution in [0.15, 0.2) is 30.3 Å². The summed E-state index contributed by atoms with van der Waals surface area (Å²) in [6, 6.07) is 10.1. The molecular formula is C15H23NO2. The molecular weight excluding hydrogens is 226 g/mol. The highest BCUT2D eigenvalue weighted by atomic mass is 16.5. The number of hydrogen-bond acceptors (Lipinski definition) is 3. The van der Waals surface area contributed by atoms with E-state index in [1.807, 2.05) is 25.2 Å². The van der Waals surface area contributed by atoms with Crippen molar-refractivity contribution < 1.29 is 9.53 Å². The SMILES string of the molecule is CNC(CC(=O)OC)(CC(C)C)c1ccccc1. The van der Waals surface area contributed by atoms with Crippen molar-refractivity contribution in [2.45, 2.75) is 32.2 Å². The van der Waals surface area contributed by atoms with Crippen LogP contribution in [0, 0.1) is 5.92 Å². The fraction of sp³-hybridized carbons (Fsp3) is 0.533. The molecule has 0 aromatic heterocycles. The van der Waals surface area contributed by atoms with Gasteiger partial charge in [-0.1, -0.05) is 44.2 Å². The zero-order valence-corrected chi connectivity index (χ0v) is 11.7. The van der Waals surface area contributed by atoms with Gasteiger partial charge < -0.3 is 10.1 Å². The molecule has 100 valence electrons. The molecule has 3 heteroatoms. The molecule has 1 aromatic carbocycles. The summed E-state index contributed by atoms with van der Waals surface area (Å²) in [6.07, 6.45) is 1.24. The van der Waals surface area contributed by atoms with Gasteiger partial charge in [-0.3, -0.25) is 4.79 Å². The zero-order valence-electron chi connectivity index (χ0n) is 11.7. The van der Waals surface area contributed by atoms with Gasteiger partial charge in [-0.15, -0.1) is 0 Å². The van der Waals surface area contributed by atoms with Crippen molar-refractivity contribution in [3.63, 3.8) is 0 Å². The molecule has 1 atom stereocenters. The van der Waals surface area contributed by atoms with E-state index in [0.29, 0.717) is 12.3 Å². The molecule has 0 aliphatic rings. The molecule has 0 saturated heterocycles. The Bertz CT molecular complexity index is 375.